The van der Waals surface area contributed by atoms with Gasteiger partial charge in [0.25, 0.3) is 0 Å². The first kappa shape index (κ1) is 13.4. The standard InChI is InChI=1S/C16H18IN/c1-12-8-13(2)10-16(9-12)18(3)11-14-4-6-15(17)7-5-14/h4-10H,11H2,1-3H3. The second kappa shape index (κ2) is 5.74. The second-order valence-corrected chi connectivity index (χ2v) is 6.07. The van der Waals surface area contributed by atoms with Crippen LogP contribution in [0.5, 0.6) is 0 Å². The summed E-state index contributed by atoms with van der Waals surface area (Å²) in [6.07, 6.45) is 0. The highest BCUT2D eigenvalue weighted by Gasteiger charge is 2.03. The van der Waals surface area contributed by atoms with Crippen molar-refractivity contribution in [3.05, 3.63) is 62.7 Å². The number of hydrogen-bond acceptors (Lipinski definition) is 1. The van der Waals surface area contributed by atoms with Crippen LogP contribution in [0.2, 0.25) is 0 Å². The minimum atomic E-state index is 0.944. The van der Waals surface area contributed by atoms with Gasteiger partial charge in [-0.2, -0.15) is 0 Å². The summed E-state index contributed by atoms with van der Waals surface area (Å²) in [6, 6.07) is 15.4. The van der Waals surface area contributed by atoms with Gasteiger partial charge in [-0.3, -0.25) is 0 Å². The molecule has 2 heteroatoms. The van der Waals surface area contributed by atoms with Gasteiger partial charge in [-0.1, -0.05) is 18.2 Å². The van der Waals surface area contributed by atoms with Gasteiger partial charge in [0.1, 0.15) is 0 Å². The molecule has 18 heavy (non-hydrogen) atoms. The number of benzene rings is 2. The molecule has 2 aromatic carbocycles. The van der Waals surface area contributed by atoms with Crippen LogP contribution in [-0.2, 0) is 6.54 Å². The molecule has 0 bridgehead atoms. The number of rotatable bonds is 3. The second-order valence-electron chi connectivity index (χ2n) is 4.83. The van der Waals surface area contributed by atoms with Gasteiger partial charge in [0.15, 0.2) is 0 Å². The van der Waals surface area contributed by atoms with Gasteiger partial charge >= 0.3 is 0 Å². The topological polar surface area (TPSA) is 3.24 Å². The van der Waals surface area contributed by atoms with E-state index in [9.17, 15) is 0 Å². The monoisotopic (exact) mass is 351 g/mol. The Balaban J connectivity index is 2.16. The smallest absolute Gasteiger partial charge is 0.0426 e. The predicted octanol–water partition coefficient (Wildman–Crippen LogP) is 4.54. The molecule has 0 saturated carbocycles. The Hall–Kier alpha value is -1.03. The summed E-state index contributed by atoms with van der Waals surface area (Å²) in [5, 5.41) is 0. The van der Waals surface area contributed by atoms with Crippen molar-refractivity contribution >= 4 is 28.3 Å². The van der Waals surface area contributed by atoms with Crippen molar-refractivity contribution < 1.29 is 0 Å². The lowest BCUT2D eigenvalue weighted by Gasteiger charge is -2.20. The van der Waals surface area contributed by atoms with Crippen LogP contribution in [0.1, 0.15) is 16.7 Å². The van der Waals surface area contributed by atoms with E-state index >= 15 is 0 Å². The van der Waals surface area contributed by atoms with Crippen molar-refractivity contribution in [2.24, 2.45) is 0 Å². The van der Waals surface area contributed by atoms with E-state index in [4.69, 9.17) is 0 Å². The minimum absolute atomic E-state index is 0.944. The fraction of sp³-hybridized carbons (Fsp3) is 0.250. The summed E-state index contributed by atoms with van der Waals surface area (Å²) < 4.78 is 1.28. The minimum Gasteiger partial charge on any atom is -0.370 e. The zero-order valence-corrected chi connectivity index (χ0v) is 13.2. The van der Waals surface area contributed by atoms with Crippen LogP contribution < -0.4 is 4.90 Å². The Morgan fingerprint density at radius 1 is 0.944 bits per heavy atom. The zero-order valence-electron chi connectivity index (χ0n) is 11.1. The largest absolute Gasteiger partial charge is 0.370 e. The summed E-state index contributed by atoms with van der Waals surface area (Å²) in [5.41, 5.74) is 5.27. The van der Waals surface area contributed by atoms with Crippen molar-refractivity contribution in [2.75, 3.05) is 11.9 Å². The third-order valence-electron chi connectivity index (χ3n) is 2.98. The Labute approximate surface area is 123 Å². The number of nitrogens with zero attached hydrogens (tertiary/aromatic N) is 1. The molecule has 0 saturated heterocycles. The maximum Gasteiger partial charge on any atom is 0.0426 e. The predicted molar refractivity (Wildman–Crippen MR) is 87.2 cm³/mol. The Morgan fingerprint density at radius 3 is 2.06 bits per heavy atom. The highest BCUT2D eigenvalue weighted by molar-refractivity contribution is 14.1. The number of halogens is 1. The Bertz CT molecular complexity index is 511. The van der Waals surface area contributed by atoms with Gasteiger partial charge in [-0.25, -0.2) is 0 Å². The summed E-state index contributed by atoms with van der Waals surface area (Å²) in [4.78, 5) is 2.29. The van der Waals surface area contributed by atoms with E-state index in [2.05, 4.69) is 90.9 Å². The molecule has 0 spiro atoms. The number of aryl methyl sites for hydroxylation is 2. The van der Waals surface area contributed by atoms with E-state index in [1.807, 2.05) is 0 Å². The fourth-order valence-corrected chi connectivity index (χ4v) is 2.49. The van der Waals surface area contributed by atoms with Gasteiger partial charge < -0.3 is 4.90 Å². The Morgan fingerprint density at radius 2 is 1.50 bits per heavy atom. The summed E-state index contributed by atoms with van der Waals surface area (Å²) in [7, 11) is 2.15. The lowest BCUT2D eigenvalue weighted by molar-refractivity contribution is 0.920. The molecule has 0 radical (unpaired) electrons. The van der Waals surface area contributed by atoms with E-state index in [1.54, 1.807) is 0 Å². The van der Waals surface area contributed by atoms with Crippen LogP contribution >= 0.6 is 22.6 Å². The van der Waals surface area contributed by atoms with E-state index in [1.165, 1.54) is 25.9 Å². The molecule has 0 amide bonds. The molecular formula is C16H18IN. The van der Waals surface area contributed by atoms with E-state index in [0.29, 0.717) is 0 Å². The van der Waals surface area contributed by atoms with Crippen LogP contribution in [0.3, 0.4) is 0 Å². The molecular weight excluding hydrogens is 333 g/mol. The molecule has 1 nitrogen and oxygen atoms in total. The van der Waals surface area contributed by atoms with E-state index < -0.39 is 0 Å². The lowest BCUT2D eigenvalue weighted by atomic mass is 10.1. The van der Waals surface area contributed by atoms with Crippen molar-refractivity contribution in [3.8, 4) is 0 Å². The van der Waals surface area contributed by atoms with E-state index in [-0.39, 0.29) is 0 Å². The van der Waals surface area contributed by atoms with Gasteiger partial charge in [0, 0.05) is 22.8 Å². The average molecular weight is 351 g/mol. The normalized spacial score (nSPS) is 10.4. The molecule has 0 N–H and O–H groups in total. The molecule has 0 atom stereocenters. The van der Waals surface area contributed by atoms with Gasteiger partial charge in [0.2, 0.25) is 0 Å². The average Bonchev–Trinajstić information content (AvgIpc) is 2.31. The molecule has 0 unspecified atom stereocenters. The molecule has 0 aliphatic carbocycles. The molecule has 0 heterocycles. The number of hydrogen-bond donors (Lipinski definition) is 0. The molecule has 0 aromatic heterocycles. The SMILES string of the molecule is Cc1cc(C)cc(N(C)Cc2ccc(I)cc2)c1. The third-order valence-corrected chi connectivity index (χ3v) is 3.70. The van der Waals surface area contributed by atoms with Crippen LogP contribution in [0.4, 0.5) is 5.69 Å². The molecule has 0 aliphatic heterocycles. The fourth-order valence-electron chi connectivity index (χ4n) is 2.13. The van der Waals surface area contributed by atoms with Gasteiger partial charge in [0.05, 0.1) is 0 Å². The molecule has 0 fully saturated rings. The van der Waals surface area contributed by atoms with Gasteiger partial charge in [-0.15, -0.1) is 0 Å². The van der Waals surface area contributed by atoms with Crippen LogP contribution in [0.25, 0.3) is 0 Å². The molecule has 2 aromatic rings. The van der Waals surface area contributed by atoms with Crippen LogP contribution in [0, 0.1) is 17.4 Å². The zero-order chi connectivity index (χ0) is 13.1. The first-order valence-corrected chi connectivity index (χ1v) is 7.16. The van der Waals surface area contributed by atoms with Crippen molar-refractivity contribution in [3.63, 3.8) is 0 Å². The van der Waals surface area contributed by atoms with Crippen molar-refractivity contribution in [1.82, 2.24) is 0 Å². The van der Waals surface area contributed by atoms with Crippen molar-refractivity contribution in [2.45, 2.75) is 20.4 Å². The Kier molecular flexibility index (Phi) is 4.27. The maximum absolute atomic E-state index is 2.34. The maximum atomic E-state index is 2.34. The van der Waals surface area contributed by atoms with Crippen molar-refractivity contribution in [1.29, 1.82) is 0 Å². The molecule has 2 rings (SSSR count). The highest BCUT2D eigenvalue weighted by atomic mass is 127. The highest BCUT2D eigenvalue weighted by Crippen LogP contribution is 2.19. The lowest BCUT2D eigenvalue weighted by Crippen LogP contribution is -2.16. The van der Waals surface area contributed by atoms with Crippen LogP contribution in [-0.4, -0.2) is 7.05 Å². The summed E-state index contributed by atoms with van der Waals surface area (Å²) >= 11 is 2.34. The summed E-state index contributed by atoms with van der Waals surface area (Å²) in [6.45, 7) is 5.24. The first-order chi connectivity index (χ1) is 8.54. The quantitative estimate of drug-likeness (QED) is 0.734. The van der Waals surface area contributed by atoms with Gasteiger partial charge in [-0.05, 0) is 77.4 Å². The number of anilines is 1. The molecule has 94 valence electrons. The van der Waals surface area contributed by atoms with Crippen LogP contribution in [0.15, 0.2) is 42.5 Å². The summed E-state index contributed by atoms with van der Waals surface area (Å²) in [5.74, 6) is 0. The third kappa shape index (κ3) is 3.48. The molecule has 0 aliphatic rings. The van der Waals surface area contributed by atoms with E-state index in [0.717, 1.165) is 6.54 Å². The first-order valence-electron chi connectivity index (χ1n) is 6.08.